The number of hydrogen-bond donors (Lipinski definition) is 0. The molecule has 5 heteroatoms. The van der Waals surface area contributed by atoms with Gasteiger partial charge in [-0.25, -0.2) is 4.98 Å². The van der Waals surface area contributed by atoms with Gasteiger partial charge >= 0.3 is 0 Å². The minimum atomic E-state index is 0.547. The van der Waals surface area contributed by atoms with Crippen LogP contribution in [0.5, 0.6) is 17.2 Å². The monoisotopic (exact) mass is 234 g/mol. The lowest BCUT2D eigenvalue weighted by atomic mass is 10.1. The lowest BCUT2D eigenvalue weighted by molar-refractivity contribution is 0.324. The Morgan fingerprint density at radius 1 is 1.06 bits per heavy atom. The Morgan fingerprint density at radius 2 is 1.71 bits per heavy atom. The zero-order valence-corrected chi connectivity index (χ0v) is 9.81. The summed E-state index contributed by atoms with van der Waals surface area (Å²) in [5.74, 6) is 1.70. The van der Waals surface area contributed by atoms with Gasteiger partial charge < -0.3 is 18.6 Å². The zero-order chi connectivity index (χ0) is 12.3. The van der Waals surface area contributed by atoms with Gasteiger partial charge in [-0.05, 0) is 12.1 Å². The molecule has 1 aromatic heterocycles. The summed E-state index contributed by atoms with van der Waals surface area (Å²) in [5, 5.41) is 0. The topological polar surface area (TPSA) is 53.7 Å². The van der Waals surface area contributed by atoms with Gasteiger partial charge in [0.1, 0.15) is 12.0 Å². The van der Waals surface area contributed by atoms with E-state index in [2.05, 4.69) is 11.4 Å². The van der Waals surface area contributed by atoms with E-state index >= 15 is 0 Å². The van der Waals surface area contributed by atoms with Crippen LogP contribution in [0, 0.1) is 6.39 Å². The van der Waals surface area contributed by atoms with Gasteiger partial charge in [0.05, 0.1) is 21.3 Å². The van der Waals surface area contributed by atoms with Gasteiger partial charge in [0, 0.05) is 5.56 Å². The number of rotatable bonds is 4. The Bertz CT molecular complexity index is 468. The van der Waals surface area contributed by atoms with Gasteiger partial charge in [0.15, 0.2) is 11.5 Å². The van der Waals surface area contributed by atoms with Crippen LogP contribution in [0.4, 0.5) is 0 Å². The van der Waals surface area contributed by atoms with E-state index in [0.717, 1.165) is 5.56 Å². The van der Waals surface area contributed by atoms with Crippen LogP contribution in [0.3, 0.4) is 0 Å². The molecule has 0 saturated heterocycles. The van der Waals surface area contributed by atoms with Gasteiger partial charge in [-0.3, -0.25) is 0 Å². The summed E-state index contributed by atoms with van der Waals surface area (Å²) in [6.07, 6.45) is 3.89. The molecule has 0 aliphatic rings. The summed E-state index contributed by atoms with van der Waals surface area (Å²) in [6.45, 7) is 0. The average Bonchev–Trinajstić information content (AvgIpc) is 2.90. The molecule has 0 bridgehead atoms. The molecule has 0 saturated carbocycles. The smallest absolute Gasteiger partial charge is 0.284 e. The third kappa shape index (κ3) is 2.04. The second kappa shape index (κ2) is 4.78. The van der Waals surface area contributed by atoms with Crippen molar-refractivity contribution >= 4 is 0 Å². The molecular formula is C12H12NO4. The predicted molar refractivity (Wildman–Crippen MR) is 60.4 cm³/mol. The Kier molecular flexibility index (Phi) is 3.18. The molecule has 0 atom stereocenters. The fourth-order valence-electron chi connectivity index (χ4n) is 1.55. The van der Waals surface area contributed by atoms with Crippen LogP contribution in [0.25, 0.3) is 11.3 Å². The molecule has 0 fully saturated rings. The van der Waals surface area contributed by atoms with E-state index in [1.54, 1.807) is 33.5 Å². The maximum Gasteiger partial charge on any atom is 0.284 e. The first-order chi connectivity index (χ1) is 8.30. The Balaban J connectivity index is 2.56. The van der Waals surface area contributed by atoms with E-state index in [4.69, 9.17) is 18.6 Å². The summed E-state index contributed by atoms with van der Waals surface area (Å²) in [5.41, 5.74) is 1.47. The Hall–Kier alpha value is -2.17. The summed E-state index contributed by atoms with van der Waals surface area (Å²) in [7, 11) is 4.69. The predicted octanol–water partition coefficient (Wildman–Crippen LogP) is 2.17. The molecule has 1 heterocycles. The van der Waals surface area contributed by atoms with E-state index in [1.165, 1.54) is 6.26 Å². The van der Waals surface area contributed by atoms with Crippen molar-refractivity contribution in [1.82, 2.24) is 4.98 Å². The molecular weight excluding hydrogens is 222 g/mol. The lowest BCUT2D eigenvalue weighted by Gasteiger charge is -2.13. The van der Waals surface area contributed by atoms with Gasteiger partial charge in [0.25, 0.3) is 6.39 Å². The van der Waals surface area contributed by atoms with Crippen LogP contribution >= 0.6 is 0 Å². The molecule has 2 rings (SSSR count). The molecule has 0 spiro atoms. The van der Waals surface area contributed by atoms with Gasteiger partial charge in [-0.2, -0.15) is 0 Å². The molecule has 0 aliphatic carbocycles. The van der Waals surface area contributed by atoms with E-state index in [9.17, 15) is 0 Å². The largest absolute Gasteiger partial charge is 0.493 e. The number of ether oxygens (including phenoxy) is 3. The maximum atomic E-state index is 5.24. The average molecular weight is 234 g/mol. The highest BCUT2D eigenvalue weighted by Gasteiger charge is 2.14. The Morgan fingerprint density at radius 3 is 2.12 bits per heavy atom. The van der Waals surface area contributed by atoms with E-state index in [-0.39, 0.29) is 0 Å². The summed E-state index contributed by atoms with van der Waals surface area (Å²) >= 11 is 0. The van der Waals surface area contributed by atoms with Crippen LogP contribution in [0.1, 0.15) is 0 Å². The van der Waals surface area contributed by atoms with Crippen molar-refractivity contribution in [3.63, 3.8) is 0 Å². The standard InChI is InChI=1S/C12H12NO4/c1-14-10-4-8(9-6-17-7-13-9)5-11(15-2)12(10)16-3/h4-6H,1-3H3. The van der Waals surface area contributed by atoms with Crippen molar-refractivity contribution in [2.24, 2.45) is 0 Å². The van der Waals surface area contributed by atoms with Crippen LogP contribution < -0.4 is 14.2 Å². The lowest BCUT2D eigenvalue weighted by Crippen LogP contribution is -1.95. The van der Waals surface area contributed by atoms with Crippen molar-refractivity contribution in [1.29, 1.82) is 0 Å². The molecule has 0 unspecified atom stereocenters. The molecule has 1 aromatic carbocycles. The molecule has 0 amide bonds. The summed E-state index contributed by atoms with van der Waals surface area (Å²) in [4.78, 5) is 3.95. The molecule has 0 aliphatic heterocycles. The highest BCUT2D eigenvalue weighted by atomic mass is 16.5. The quantitative estimate of drug-likeness (QED) is 0.811. The van der Waals surface area contributed by atoms with Crippen LogP contribution in [0.2, 0.25) is 0 Å². The van der Waals surface area contributed by atoms with E-state index in [0.29, 0.717) is 22.9 Å². The first-order valence-electron chi connectivity index (χ1n) is 4.92. The second-order valence-electron chi connectivity index (χ2n) is 3.24. The molecule has 89 valence electrons. The fourth-order valence-corrected chi connectivity index (χ4v) is 1.55. The van der Waals surface area contributed by atoms with Crippen molar-refractivity contribution in [2.45, 2.75) is 0 Å². The fraction of sp³-hybridized carbons (Fsp3) is 0.250. The second-order valence-corrected chi connectivity index (χ2v) is 3.24. The first kappa shape index (κ1) is 11.3. The maximum absolute atomic E-state index is 5.24. The van der Waals surface area contributed by atoms with Crippen LogP contribution in [-0.2, 0) is 0 Å². The molecule has 2 aromatic rings. The molecule has 17 heavy (non-hydrogen) atoms. The SMILES string of the molecule is COc1cc(-c2co[c]n2)cc(OC)c1OC. The van der Waals surface area contributed by atoms with Gasteiger partial charge in [0.2, 0.25) is 5.75 Å². The number of nitrogens with zero attached hydrogens (tertiary/aromatic N) is 1. The van der Waals surface area contributed by atoms with Crippen molar-refractivity contribution in [2.75, 3.05) is 21.3 Å². The third-order valence-electron chi connectivity index (χ3n) is 2.35. The number of methoxy groups -OCH3 is 3. The number of oxazole rings is 1. The van der Waals surface area contributed by atoms with Crippen molar-refractivity contribution in [3.05, 3.63) is 24.8 Å². The van der Waals surface area contributed by atoms with E-state index in [1.807, 2.05) is 0 Å². The van der Waals surface area contributed by atoms with Gasteiger partial charge in [-0.15, -0.1) is 0 Å². The first-order valence-corrected chi connectivity index (χ1v) is 4.92. The Labute approximate surface area is 98.9 Å². The highest BCUT2D eigenvalue weighted by Crippen LogP contribution is 2.40. The minimum Gasteiger partial charge on any atom is -0.493 e. The summed E-state index contributed by atoms with van der Waals surface area (Å²) < 4.78 is 20.5. The minimum absolute atomic E-state index is 0.547. The number of hydrogen-bond acceptors (Lipinski definition) is 5. The molecule has 5 nitrogen and oxygen atoms in total. The van der Waals surface area contributed by atoms with Crippen LogP contribution in [-0.4, -0.2) is 26.3 Å². The highest BCUT2D eigenvalue weighted by molar-refractivity contribution is 5.67. The van der Waals surface area contributed by atoms with Crippen molar-refractivity contribution in [3.8, 4) is 28.5 Å². The van der Waals surface area contributed by atoms with E-state index < -0.39 is 0 Å². The van der Waals surface area contributed by atoms with Gasteiger partial charge in [-0.1, -0.05) is 0 Å². The zero-order valence-electron chi connectivity index (χ0n) is 9.81. The summed E-state index contributed by atoms with van der Waals surface area (Å²) in [6, 6.07) is 3.60. The normalized spacial score (nSPS) is 10.1. The molecule has 1 radical (unpaired) electrons. The molecule has 0 N–H and O–H groups in total. The van der Waals surface area contributed by atoms with Crippen LogP contribution in [0.15, 0.2) is 22.8 Å². The number of aromatic nitrogens is 1. The van der Waals surface area contributed by atoms with Crippen molar-refractivity contribution < 1.29 is 18.6 Å². The number of benzene rings is 1. The third-order valence-corrected chi connectivity index (χ3v) is 2.35.